The van der Waals surface area contributed by atoms with Gasteiger partial charge in [0.15, 0.2) is 6.29 Å². The lowest BCUT2D eigenvalue weighted by Crippen LogP contribution is -1.98. The molecule has 0 aromatic carbocycles. The molecule has 13 heavy (non-hydrogen) atoms. The third kappa shape index (κ3) is 2.20. The fraction of sp³-hybridized carbons (Fsp3) is 0.375. The predicted octanol–water partition coefficient (Wildman–Crippen LogP) is 2.54. The monoisotopic (exact) mass is 263 g/mol. The molecule has 0 spiro atoms. The van der Waals surface area contributed by atoms with Gasteiger partial charge in [0.2, 0.25) is 0 Å². The summed E-state index contributed by atoms with van der Waals surface area (Å²) in [4.78, 5) is 3.98. The highest BCUT2D eigenvalue weighted by atomic mass is 79.9. The Kier molecular flexibility index (Phi) is 2.83. The second kappa shape index (κ2) is 3.92. The van der Waals surface area contributed by atoms with Crippen molar-refractivity contribution >= 4 is 27.5 Å². The molecule has 1 aliphatic heterocycles. The van der Waals surface area contributed by atoms with E-state index in [0.717, 1.165) is 5.56 Å². The van der Waals surface area contributed by atoms with E-state index in [0.29, 0.717) is 23.0 Å². The van der Waals surface area contributed by atoms with Gasteiger partial charge in [0.25, 0.3) is 0 Å². The number of hydrogen-bond acceptors (Lipinski definition) is 3. The van der Waals surface area contributed by atoms with E-state index in [1.54, 1.807) is 6.07 Å². The molecule has 0 bridgehead atoms. The summed E-state index contributed by atoms with van der Waals surface area (Å²) in [5.41, 5.74) is 0.893. The number of ether oxygens (including phenoxy) is 2. The van der Waals surface area contributed by atoms with Crippen LogP contribution in [0, 0.1) is 0 Å². The van der Waals surface area contributed by atoms with Crippen LogP contribution in [0.3, 0.4) is 0 Å². The first-order valence-corrected chi connectivity index (χ1v) is 4.99. The van der Waals surface area contributed by atoms with Crippen molar-refractivity contribution in [2.45, 2.75) is 6.29 Å². The highest BCUT2D eigenvalue weighted by Crippen LogP contribution is 2.26. The average Bonchev–Trinajstić information content (AvgIpc) is 2.53. The first kappa shape index (κ1) is 9.40. The molecule has 1 fully saturated rings. The van der Waals surface area contributed by atoms with E-state index in [2.05, 4.69) is 20.9 Å². The first-order valence-electron chi connectivity index (χ1n) is 3.82. The minimum atomic E-state index is -0.295. The maximum Gasteiger partial charge on any atom is 0.184 e. The van der Waals surface area contributed by atoms with Gasteiger partial charge in [0, 0.05) is 5.56 Å². The van der Waals surface area contributed by atoms with Crippen LogP contribution in [0.2, 0.25) is 5.15 Å². The summed E-state index contributed by atoms with van der Waals surface area (Å²) in [6.07, 6.45) is -0.295. The lowest BCUT2D eigenvalue weighted by Gasteiger charge is -2.09. The third-order valence-electron chi connectivity index (χ3n) is 1.68. The van der Waals surface area contributed by atoms with Gasteiger partial charge in [-0.15, -0.1) is 0 Å². The molecule has 0 amide bonds. The molecule has 0 saturated carbocycles. The van der Waals surface area contributed by atoms with E-state index in [9.17, 15) is 0 Å². The molecule has 0 N–H and O–H groups in total. The van der Waals surface area contributed by atoms with Gasteiger partial charge in [0.1, 0.15) is 9.76 Å². The molecular weight excluding hydrogens is 257 g/mol. The van der Waals surface area contributed by atoms with Crippen LogP contribution < -0.4 is 0 Å². The van der Waals surface area contributed by atoms with Gasteiger partial charge in [-0.25, -0.2) is 4.98 Å². The zero-order valence-electron chi connectivity index (χ0n) is 6.67. The highest BCUT2D eigenvalue weighted by Gasteiger charge is 2.19. The minimum Gasteiger partial charge on any atom is -0.346 e. The predicted molar refractivity (Wildman–Crippen MR) is 51.6 cm³/mol. The van der Waals surface area contributed by atoms with Crippen molar-refractivity contribution in [3.05, 3.63) is 27.5 Å². The minimum absolute atomic E-state index is 0.295. The van der Waals surface area contributed by atoms with Crippen molar-refractivity contribution in [3.8, 4) is 0 Å². The van der Waals surface area contributed by atoms with Crippen LogP contribution in [0.4, 0.5) is 0 Å². The summed E-state index contributed by atoms with van der Waals surface area (Å²) < 4.78 is 11.3. The van der Waals surface area contributed by atoms with Crippen LogP contribution in [0.25, 0.3) is 0 Å². The van der Waals surface area contributed by atoms with Crippen molar-refractivity contribution in [2.24, 2.45) is 0 Å². The first-order chi connectivity index (χ1) is 6.25. The van der Waals surface area contributed by atoms with Gasteiger partial charge in [-0.1, -0.05) is 11.6 Å². The molecule has 0 aliphatic carbocycles. The Morgan fingerprint density at radius 2 is 2.08 bits per heavy atom. The summed E-state index contributed by atoms with van der Waals surface area (Å²) in [5.74, 6) is 0. The number of nitrogens with zero attached hydrogens (tertiary/aromatic N) is 1. The fourth-order valence-electron chi connectivity index (χ4n) is 1.17. The van der Waals surface area contributed by atoms with E-state index in [1.807, 2.05) is 6.07 Å². The smallest absolute Gasteiger partial charge is 0.184 e. The van der Waals surface area contributed by atoms with Crippen molar-refractivity contribution in [1.82, 2.24) is 4.98 Å². The Hall–Kier alpha value is -0.160. The van der Waals surface area contributed by atoms with Crippen LogP contribution in [0.5, 0.6) is 0 Å². The molecule has 0 atom stereocenters. The maximum atomic E-state index is 5.78. The summed E-state index contributed by atoms with van der Waals surface area (Å²) in [5, 5.41) is 0.434. The largest absolute Gasteiger partial charge is 0.346 e. The fourth-order valence-corrected chi connectivity index (χ4v) is 1.94. The Balaban J connectivity index is 2.28. The molecule has 70 valence electrons. The standard InChI is InChI=1S/C8H7BrClNO2/c9-6-3-5(4-7(10)11-6)8-12-1-2-13-8/h3-4,8H,1-2H2. The number of rotatable bonds is 1. The number of halogens is 2. The molecule has 0 unspecified atom stereocenters. The van der Waals surface area contributed by atoms with Crippen molar-refractivity contribution in [3.63, 3.8) is 0 Å². The summed E-state index contributed by atoms with van der Waals surface area (Å²) in [6.45, 7) is 1.25. The molecule has 1 saturated heterocycles. The molecule has 5 heteroatoms. The van der Waals surface area contributed by atoms with Crippen LogP contribution in [-0.2, 0) is 9.47 Å². The SMILES string of the molecule is Clc1cc(C2OCCO2)cc(Br)n1. The van der Waals surface area contributed by atoms with Gasteiger partial charge in [0.05, 0.1) is 13.2 Å². The molecule has 0 radical (unpaired) electrons. The van der Waals surface area contributed by atoms with E-state index in [-0.39, 0.29) is 6.29 Å². The highest BCUT2D eigenvalue weighted by molar-refractivity contribution is 9.10. The second-order valence-corrected chi connectivity index (χ2v) is 3.82. The summed E-state index contributed by atoms with van der Waals surface area (Å²) in [7, 11) is 0. The van der Waals surface area contributed by atoms with Crippen molar-refractivity contribution in [2.75, 3.05) is 13.2 Å². The topological polar surface area (TPSA) is 31.4 Å². The second-order valence-electron chi connectivity index (χ2n) is 2.62. The van der Waals surface area contributed by atoms with Gasteiger partial charge in [-0.3, -0.25) is 0 Å². The summed E-state index contributed by atoms with van der Waals surface area (Å²) >= 11 is 9.03. The van der Waals surface area contributed by atoms with Crippen LogP contribution in [0.15, 0.2) is 16.7 Å². The Bertz CT molecular complexity index is 295. The van der Waals surface area contributed by atoms with Crippen LogP contribution in [0.1, 0.15) is 11.9 Å². The quantitative estimate of drug-likeness (QED) is 0.731. The van der Waals surface area contributed by atoms with Gasteiger partial charge >= 0.3 is 0 Å². The van der Waals surface area contributed by atoms with E-state index < -0.39 is 0 Å². The molecule has 2 rings (SSSR count). The molecular formula is C8H7BrClNO2. The zero-order valence-corrected chi connectivity index (χ0v) is 9.01. The molecule has 1 aromatic rings. The Labute approximate surface area is 89.1 Å². The molecule has 2 heterocycles. The average molecular weight is 265 g/mol. The normalized spacial score (nSPS) is 18.0. The molecule has 1 aliphatic rings. The maximum absolute atomic E-state index is 5.78. The van der Waals surface area contributed by atoms with E-state index in [4.69, 9.17) is 21.1 Å². The van der Waals surface area contributed by atoms with Gasteiger partial charge < -0.3 is 9.47 Å². The molecule has 3 nitrogen and oxygen atoms in total. The Morgan fingerprint density at radius 1 is 1.38 bits per heavy atom. The van der Waals surface area contributed by atoms with Gasteiger partial charge in [-0.05, 0) is 28.1 Å². The molecule has 1 aromatic heterocycles. The van der Waals surface area contributed by atoms with Crippen molar-refractivity contribution < 1.29 is 9.47 Å². The Morgan fingerprint density at radius 3 is 2.69 bits per heavy atom. The van der Waals surface area contributed by atoms with E-state index >= 15 is 0 Å². The lowest BCUT2D eigenvalue weighted by molar-refractivity contribution is -0.0442. The van der Waals surface area contributed by atoms with Crippen molar-refractivity contribution in [1.29, 1.82) is 0 Å². The van der Waals surface area contributed by atoms with Gasteiger partial charge in [-0.2, -0.15) is 0 Å². The van der Waals surface area contributed by atoms with E-state index in [1.165, 1.54) is 0 Å². The summed E-state index contributed by atoms with van der Waals surface area (Å²) in [6, 6.07) is 3.57. The lowest BCUT2D eigenvalue weighted by atomic mass is 10.3. The number of aromatic nitrogens is 1. The van der Waals surface area contributed by atoms with Crippen LogP contribution >= 0.6 is 27.5 Å². The number of hydrogen-bond donors (Lipinski definition) is 0. The zero-order chi connectivity index (χ0) is 9.26. The van der Waals surface area contributed by atoms with Crippen LogP contribution in [-0.4, -0.2) is 18.2 Å². The third-order valence-corrected chi connectivity index (χ3v) is 2.28. The number of pyridine rings is 1.